The first-order chi connectivity index (χ1) is 24.7. The van der Waals surface area contributed by atoms with E-state index in [9.17, 15) is 0 Å². The fourth-order valence-electron chi connectivity index (χ4n) is 9.45. The molecule has 0 aliphatic heterocycles. The summed E-state index contributed by atoms with van der Waals surface area (Å²) < 4.78 is 0. The van der Waals surface area contributed by atoms with Gasteiger partial charge in [-0.2, -0.15) is 0 Å². The van der Waals surface area contributed by atoms with Crippen molar-refractivity contribution in [3.8, 4) is 55.6 Å². The topological polar surface area (TPSA) is 0 Å². The maximum atomic E-state index is 2.43. The third-order valence-corrected chi connectivity index (χ3v) is 11.4. The van der Waals surface area contributed by atoms with Gasteiger partial charge in [-0.1, -0.05) is 158 Å². The van der Waals surface area contributed by atoms with E-state index in [1.807, 2.05) is 0 Å². The molecule has 0 N–H and O–H groups in total. The van der Waals surface area contributed by atoms with Crippen LogP contribution in [-0.4, -0.2) is 0 Å². The third kappa shape index (κ3) is 3.55. The Hall–Kier alpha value is -6.24. The van der Waals surface area contributed by atoms with Gasteiger partial charge in [0.05, 0.1) is 0 Å². The van der Waals surface area contributed by atoms with Gasteiger partial charge in [-0.3, -0.25) is 0 Å². The summed E-state index contributed by atoms with van der Waals surface area (Å²) in [5, 5.41) is 13.3. The largest absolute Gasteiger partial charge is 0.0622 e. The van der Waals surface area contributed by atoms with Crippen molar-refractivity contribution in [2.45, 2.75) is 13.8 Å². The SMILES string of the molecule is Cc1cccc(C)c1-c1c2c(c(-c3ccccc3-c3ccccc3)c3ccccc13)-c1ccc3c4cccc5cccc(c6ccc-2c1c36)c54. The molecule has 0 saturated carbocycles. The number of rotatable bonds is 3. The summed E-state index contributed by atoms with van der Waals surface area (Å²) in [6, 6.07) is 59.0. The van der Waals surface area contributed by atoms with Gasteiger partial charge in [0.1, 0.15) is 0 Å². The van der Waals surface area contributed by atoms with Gasteiger partial charge in [-0.05, 0) is 134 Å². The highest BCUT2D eigenvalue weighted by atomic mass is 14.4. The van der Waals surface area contributed by atoms with Crippen LogP contribution >= 0.6 is 0 Å². The Morgan fingerprint density at radius 2 is 0.760 bits per heavy atom. The van der Waals surface area contributed by atoms with E-state index in [1.165, 1.54) is 121 Å². The summed E-state index contributed by atoms with van der Waals surface area (Å²) >= 11 is 0. The highest BCUT2D eigenvalue weighted by Gasteiger charge is 2.33. The Morgan fingerprint density at radius 1 is 0.260 bits per heavy atom. The van der Waals surface area contributed by atoms with Crippen LogP contribution in [0.3, 0.4) is 0 Å². The number of hydrogen-bond donors (Lipinski definition) is 0. The molecule has 0 heterocycles. The average Bonchev–Trinajstić information content (AvgIpc) is 3.50. The van der Waals surface area contributed by atoms with Crippen LogP contribution in [0, 0.1) is 13.8 Å². The molecule has 50 heavy (non-hydrogen) atoms. The van der Waals surface area contributed by atoms with Gasteiger partial charge in [0.25, 0.3) is 0 Å². The molecule has 0 nitrogen and oxygen atoms in total. The predicted molar refractivity (Wildman–Crippen MR) is 215 cm³/mol. The summed E-state index contributed by atoms with van der Waals surface area (Å²) in [6.07, 6.45) is 0. The van der Waals surface area contributed by atoms with Crippen molar-refractivity contribution in [1.29, 1.82) is 0 Å². The van der Waals surface area contributed by atoms with E-state index in [1.54, 1.807) is 0 Å². The highest BCUT2D eigenvalue weighted by molar-refractivity contribution is 6.39. The molecule has 0 atom stereocenters. The normalized spacial score (nSPS) is 12.2. The number of fused-ring (bicyclic) bond motifs is 6. The fraction of sp³-hybridized carbons (Fsp3) is 0.0400. The van der Waals surface area contributed by atoms with Crippen LogP contribution < -0.4 is 0 Å². The lowest BCUT2D eigenvalue weighted by Crippen LogP contribution is -1.97. The minimum Gasteiger partial charge on any atom is -0.0622 e. The number of aryl methyl sites for hydroxylation is 2. The molecule has 11 rings (SSSR count). The molecule has 0 aromatic heterocycles. The van der Waals surface area contributed by atoms with E-state index < -0.39 is 0 Å². The van der Waals surface area contributed by atoms with E-state index in [4.69, 9.17) is 0 Å². The van der Waals surface area contributed by atoms with Crippen LogP contribution in [-0.2, 0) is 0 Å². The Morgan fingerprint density at radius 3 is 1.42 bits per heavy atom. The second-order valence-corrected chi connectivity index (χ2v) is 14.0. The van der Waals surface area contributed by atoms with Gasteiger partial charge in [0.2, 0.25) is 0 Å². The molecule has 0 fully saturated rings. The van der Waals surface area contributed by atoms with Crippen molar-refractivity contribution in [2.75, 3.05) is 0 Å². The Bertz CT molecular complexity index is 2960. The van der Waals surface area contributed by atoms with Crippen molar-refractivity contribution in [1.82, 2.24) is 0 Å². The monoisotopic (exact) mass is 632 g/mol. The quantitative estimate of drug-likeness (QED) is 0.134. The highest BCUT2D eigenvalue weighted by Crippen LogP contribution is 2.60. The molecule has 0 unspecified atom stereocenters. The molecule has 10 aromatic rings. The lowest BCUT2D eigenvalue weighted by molar-refractivity contribution is 1.39. The van der Waals surface area contributed by atoms with Crippen LogP contribution in [0.5, 0.6) is 0 Å². The van der Waals surface area contributed by atoms with Crippen LogP contribution in [0.15, 0.2) is 158 Å². The first kappa shape index (κ1) is 27.7. The summed E-state index contributed by atoms with van der Waals surface area (Å²) in [7, 11) is 0. The second-order valence-electron chi connectivity index (χ2n) is 14.0. The number of benzene rings is 10. The van der Waals surface area contributed by atoms with Crippen molar-refractivity contribution >= 4 is 53.9 Å². The Kier molecular flexibility index (Phi) is 5.61. The summed E-state index contributed by atoms with van der Waals surface area (Å²) in [4.78, 5) is 0. The molecule has 0 amide bonds. The lowest BCUT2D eigenvalue weighted by Gasteiger charge is -2.23. The molecular formula is C50H32. The smallest absolute Gasteiger partial charge is 0.000718 e. The van der Waals surface area contributed by atoms with E-state index in [0.29, 0.717) is 0 Å². The first-order valence-electron chi connectivity index (χ1n) is 17.6. The van der Waals surface area contributed by atoms with Crippen LogP contribution in [0.2, 0.25) is 0 Å². The molecule has 10 aromatic carbocycles. The fourth-order valence-corrected chi connectivity index (χ4v) is 9.45. The second kappa shape index (κ2) is 10.1. The van der Waals surface area contributed by atoms with E-state index in [2.05, 4.69) is 172 Å². The van der Waals surface area contributed by atoms with Gasteiger partial charge in [0.15, 0.2) is 0 Å². The van der Waals surface area contributed by atoms with Crippen LogP contribution in [0.25, 0.3) is 109 Å². The summed E-state index contributed by atoms with van der Waals surface area (Å²) in [6.45, 7) is 4.55. The van der Waals surface area contributed by atoms with E-state index in [0.717, 1.165) is 0 Å². The van der Waals surface area contributed by atoms with Crippen LogP contribution in [0.4, 0.5) is 0 Å². The Labute approximate surface area is 291 Å². The minimum absolute atomic E-state index is 1.23. The zero-order chi connectivity index (χ0) is 33.1. The average molecular weight is 633 g/mol. The zero-order valence-corrected chi connectivity index (χ0v) is 28.0. The van der Waals surface area contributed by atoms with Crippen molar-refractivity contribution < 1.29 is 0 Å². The Balaban J connectivity index is 1.39. The molecule has 0 spiro atoms. The van der Waals surface area contributed by atoms with Gasteiger partial charge in [0, 0.05) is 0 Å². The molecule has 0 radical (unpaired) electrons. The maximum absolute atomic E-state index is 2.43. The molecule has 0 saturated heterocycles. The van der Waals surface area contributed by atoms with Gasteiger partial charge >= 0.3 is 0 Å². The third-order valence-electron chi connectivity index (χ3n) is 11.4. The maximum Gasteiger partial charge on any atom is -0.000718 e. The molecule has 1 aliphatic rings. The minimum atomic E-state index is 1.23. The van der Waals surface area contributed by atoms with Crippen LogP contribution in [0.1, 0.15) is 11.1 Å². The number of hydrogen-bond acceptors (Lipinski definition) is 0. The summed E-state index contributed by atoms with van der Waals surface area (Å²) in [5.41, 5.74) is 15.8. The van der Waals surface area contributed by atoms with Gasteiger partial charge in [-0.15, -0.1) is 0 Å². The molecule has 232 valence electrons. The molecule has 0 bridgehead atoms. The van der Waals surface area contributed by atoms with Crippen molar-refractivity contribution in [3.05, 3.63) is 169 Å². The van der Waals surface area contributed by atoms with Crippen molar-refractivity contribution in [2.24, 2.45) is 0 Å². The van der Waals surface area contributed by atoms with Gasteiger partial charge in [-0.25, -0.2) is 0 Å². The van der Waals surface area contributed by atoms with E-state index >= 15 is 0 Å². The van der Waals surface area contributed by atoms with Crippen molar-refractivity contribution in [3.63, 3.8) is 0 Å². The molecular weight excluding hydrogens is 601 g/mol. The zero-order valence-electron chi connectivity index (χ0n) is 28.0. The standard InChI is InChI=1S/C50H32/c1-29-13-10-14-30(2)43(29)48-38-22-9-8-21-37(38)46(34-20-7-6-19-33(34)31-15-4-3-5-16-31)49-41-27-25-39-35-23-11-17-32-18-12-24-36(44(32)35)40-26-28-42(50(48)49)47(41)45(39)40/h3-28H,1-2H3. The lowest BCUT2D eigenvalue weighted by atomic mass is 9.79. The molecule has 0 heteroatoms. The summed E-state index contributed by atoms with van der Waals surface area (Å²) in [5.74, 6) is 0. The predicted octanol–water partition coefficient (Wildman–Crippen LogP) is 14.2. The molecule has 1 aliphatic carbocycles. The van der Waals surface area contributed by atoms with Gasteiger partial charge < -0.3 is 0 Å². The first-order valence-corrected chi connectivity index (χ1v) is 17.6. The van der Waals surface area contributed by atoms with E-state index in [-0.39, 0.29) is 0 Å².